The van der Waals surface area contributed by atoms with E-state index in [1.807, 2.05) is 0 Å². The number of non-ortho nitro benzene ring substituents is 1. The standard InChI is InChI=1S/C17H11F3N6O6/c1-8-15(22-21-11-4-3-10(25(29)30)7-14(11)27)16(28)24(23-8)12-5-2-9(17(18,19)20)6-13(12)26(31)32/h2-7,15,27H,1H3. The maximum absolute atomic E-state index is 12.9. The highest BCUT2D eigenvalue weighted by Crippen LogP contribution is 2.38. The summed E-state index contributed by atoms with van der Waals surface area (Å²) >= 11 is 0. The van der Waals surface area contributed by atoms with Gasteiger partial charge in [0.2, 0.25) is 0 Å². The van der Waals surface area contributed by atoms with E-state index >= 15 is 0 Å². The van der Waals surface area contributed by atoms with E-state index < -0.39 is 56.3 Å². The van der Waals surface area contributed by atoms with Crippen molar-refractivity contribution in [2.24, 2.45) is 15.3 Å². The number of hydrogen-bond donors (Lipinski definition) is 1. The molecule has 0 aromatic heterocycles. The predicted molar refractivity (Wildman–Crippen MR) is 102 cm³/mol. The fourth-order valence-electron chi connectivity index (χ4n) is 2.72. The number of nitrogens with zero attached hydrogens (tertiary/aromatic N) is 6. The maximum Gasteiger partial charge on any atom is 0.416 e. The van der Waals surface area contributed by atoms with E-state index in [-0.39, 0.29) is 17.5 Å². The van der Waals surface area contributed by atoms with E-state index in [0.29, 0.717) is 11.1 Å². The number of nitro benzene ring substituents is 2. The summed E-state index contributed by atoms with van der Waals surface area (Å²) in [7, 11) is 0. The van der Waals surface area contributed by atoms with Gasteiger partial charge in [-0.2, -0.15) is 33.5 Å². The third-order valence-electron chi connectivity index (χ3n) is 4.27. The number of halogens is 3. The fourth-order valence-corrected chi connectivity index (χ4v) is 2.72. The highest BCUT2D eigenvalue weighted by Gasteiger charge is 2.39. The molecule has 1 aliphatic rings. The molecule has 2 aromatic carbocycles. The van der Waals surface area contributed by atoms with Crippen molar-refractivity contribution in [2.45, 2.75) is 19.1 Å². The lowest BCUT2D eigenvalue weighted by Crippen LogP contribution is -2.30. The molecule has 1 amide bonds. The number of carbonyl (C=O) groups is 1. The molecular weight excluding hydrogens is 441 g/mol. The third-order valence-corrected chi connectivity index (χ3v) is 4.27. The second kappa shape index (κ2) is 8.01. The number of phenolic OH excluding ortho intramolecular Hbond substituents is 1. The first kappa shape index (κ1) is 22.3. The Morgan fingerprint density at radius 2 is 1.81 bits per heavy atom. The zero-order chi connectivity index (χ0) is 23.8. The lowest BCUT2D eigenvalue weighted by molar-refractivity contribution is -0.385. The van der Waals surface area contributed by atoms with Gasteiger partial charge in [-0.25, -0.2) is 0 Å². The van der Waals surface area contributed by atoms with Crippen molar-refractivity contribution in [3.05, 3.63) is 62.2 Å². The molecule has 2 aromatic rings. The number of azo groups is 1. The summed E-state index contributed by atoms with van der Waals surface area (Å²) in [5, 5.41) is 43.6. The van der Waals surface area contributed by atoms with Gasteiger partial charge in [0.25, 0.3) is 17.3 Å². The lowest BCUT2D eigenvalue weighted by atomic mass is 10.1. The number of amides is 1. The van der Waals surface area contributed by atoms with Gasteiger partial charge in [-0.1, -0.05) is 0 Å². The summed E-state index contributed by atoms with van der Waals surface area (Å²) in [4.78, 5) is 32.9. The highest BCUT2D eigenvalue weighted by molar-refractivity contribution is 6.18. The molecule has 0 spiro atoms. The Hall–Kier alpha value is -4.43. The van der Waals surface area contributed by atoms with E-state index in [2.05, 4.69) is 15.3 Å². The molecule has 3 rings (SSSR count). The van der Waals surface area contributed by atoms with Crippen molar-refractivity contribution in [1.29, 1.82) is 0 Å². The van der Waals surface area contributed by atoms with Crippen LogP contribution in [0.15, 0.2) is 51.7 Å². The molecule has 0 saturated carbocycles. The number of hydrazone groups is 1. The monoisotopic (exact) mass is 452 g/mol. The number of carbonyl (C=O) groups excluding carboxylic acids is 1. The minimum atomic E-state index is -4.83. The van der Waals surface area contributed by atoms with E-state index in [4.69, 9.17) is 0 Å². The Morgan fingerprint density at radius 1 is 1.12 bits per heavy atom. The topological polar surface area (TPSA) is 164 Å². The second-order valence-electron chi connectivity index (χ2n) is 6.40. The van der Waals surface area contributed by atoms with Crippen molar-refractivity contribution in [3.8, 4) is 5.75 Å². The first-order chi connectivity index (χ1) is 14.9. The number of rotatable bonds is 5. The summed E-state index contributed by atoms with van der Waals surface area (Å²) in [5.74, 6) is -1.52. The average molecular weight is 452 g/mol. The average Bonchev–Trinajstić information content (AvgIpc) is 2.99. The van der Waals surface area contributed by atoms with Crippen molar-refractivity contribution >= 4 is 34.4 Å². The molecule has 1 unspecified atom stereocenters. The van der Waals surface area contributed by atoms with Gasteiger partial charge in [0, 0.05) is 12.1 Å². The van der Waals surface area contributed by atoms with Crippen LogP contribution in [-0.4, -0.2) is 32.6 Å². The van der Waals surface area contributed by atoms with Crippen LogP contribution in [0.25, 0.3) is 0 Å². The first-order valence-corrected chi connectivity index (χ1v) is 8.53. The van der Waals surface area contributed by atoms with Gasteiger partial charge in [0.05, 0.1) is 27.2 Å². The summed E-state index contributed by atoms with van der Waals surface area (Å²) in [6.07, 6.45) is -4.83. The number of alkyl halides is 3. The minimum Gasteiger partial charge on any atom is -0.505 e. The van der Waals surface area contributed by atoms with E-state index in [1.165, 1.54) is 6.92 Å². The van der Waals surface area contributed by atoms with Crippen LogP contribution in [-0.2, 0) is 11.0 Å². The zero-order valence-electron chi connectivity index (χ0n) is 15.8. The largest absolute Gasteiger partial charge is 0.505 e. The normalized spacial score (nSPS) is 16.5. The molecular formula is C17H11F3N6O6. The Labute approximate surface area is 175 Å². The first-order valence-electron chi connectivity index (χ1n) is 8.53. The van der Waals surface area contributed by atoms with Gasteiger partial charge >= 0.3 is 6.18 Å². The van der Waals surface area contributed by atoms with Crippen LogP contribution < -0.4 is 5.01 Å². The molecule has 15 heteroatoms. The summed E-state index contributed by atoms with van der Waals surface area (Å²) in [6.45, 7) is 1.34. The molecule has 0 fully saturated rings. The highest BCUT2D eigenvalue weighted by atomic mass is 19.4. The van der Waals surface area contributed by atoms with Gasteiger partial charge in [-0.3, -0.25) is 25.0 Å². The Kier molecular flexibility index (Phi) is 5.57. The quantitative estimate of drug-likeness (QED) is 0.407. The SMILES string of the molecule is CC1=NN(c2ccc(C(F)(F)F)cc2[N+](=O)[O-])C(=O)C1N=Nc1ccc([N+](=O)[O-])cc1O. The molecule has 1 aliphatic heterocycles. The molecule has 32 heavy (non-hydrogen) atoms. The zero-order valence-corrected chi connectivity index (χ0v) is 15.8. The van der Waals surface area contributed by atoms with E-state index in [1.54, 1.807) is 0 Å². The van der Waals surface area contributed by atoms with Crippen LogP contribution in [0.1, 0.15) is 12.5 Å². The third kappa shape index (κ3) is 4.21. The number of aromatic hydroxyl groups is 1. The molecule has 0 aliphatic carbocycles. The van der Waals surface area contributed by atoms with Crippen LogP contribution in [0.2, 0.25) is 0 Å². The minimum absolute atomic E-state index is 0.0225. The van der Waals surface area contributed by atoms with E-state index in [0.717, 1.165) is 24.3 Å². The molecule has 12 nitrogen and oxygen atoms in total. The summed E-state index contributed by atoms with van der Waals surface area (Å²) < 4.78 is 38.7. The molecule has 1 N–H and O–H groups in total. The fraction of sp³-hybridized carbons (Fsp3) is 0.176. The van der Waals surface area contributed by atoms with Crippen molar-refractivity contribution in [3.63, 3.8) is 0 Å². The molecule has 166 valence electrons. The molecule has 0 saturated heterocycles. The Morgan fingerprint density at radius 3 is 2.38 bits per heavy atom. The van der Waals surface area contributed by atoms with E-state index in [9.17, 15) is 43.3 Å². The van der Waals surface area contributed by atoms with Crippen molar-refractivity contribution in [1.82, 2.24) is 0 Å². The Bertz CT molecular complexity index is 1200. The van der Waals surface area contributed by atoms with Crippen LogP contribution in [0.5, 0.6) is 5.75 Å². The number of hydrogen-bond acceptors (Lipinski definition) is 9. The number of nitro groups is 2. The summed E-state index contributed by atoms with van der Waals surface area (Å²) in [5.41, 5.74) is -3.34. The lowest BCUT2D eigenvalue weighted by Gasteiger charge is -2.14. The molecule has 1 atom stereocenters. The second-order valence-corrected chi connectivity index (χ2v) is 6.40. The van der Waals surface area contributed by atoms with Crippen molar-refractivity contribution < 1.29 is 32.9 Å². The summed E-state index contributed by atoms with van der Waals surface area (Å²) in [6, 6.07) is 3.18. The molecule has 0 radical (unpaired) electrons. The predicted octanol–water partition coefficient (Wildman–Crippen LogP) is 4.10. The number of phenols is 1. The maximum atomic E-state index is 12.9. The van der Waals surface area contributed by atoms with Crippen molar-refractivity contribution in [2.75, 3.05) is 5.01 Å². The molecule has 0 bridgehead atoms. The van der Waals surface area contributed by atoms with Gasteiger partial charge in [0.15, 0.2) is 6.04 Å². The van der Waals surface area contributed by atoms with Crippen LogP contribution in [0.3, 0.4) is 0 Å². The smallest absolute Gasteiger partial charge is 0.416 e. The van der Waals surface area contributed by atoms with Crippen LogP contribution in [0, 0.1) is 20.2 Å². The van der Waals surface area contributed by atoms with Gasteiger partial charge in [-0.05, 0) is 25.1 Å². The van der Waals surface area contributed by atoms with Gasteiger partial charge in [-0.15, -0.1) is 0 Å². The van der Waals surface area contributed by atoms with Gasteiger partial charge in [0.1, 0.15) is 17.1 Å². The molecule has 1 heterocycles. The Balaban J connectivity index is 1.91. The van der Waals surface area contributed by atoms with Crippen LogP contribution in [0.4, 0.5) is 35.9 Å². The number of anilines is 1. The van der Waals surface area contributed by atoms with Gasteiger partial charge < -0.3 is 5.11 Å². The number of benzene rings is 2. The van der Waals surface area contributed by atoms with Crippen LogP contribution >= 0.6 is 0 Å².